The summed E-state index contributed by atoms with van der Waals surface area (Å²) in [5.41, 5.74) is 0.856. The normalized spacial score (nSPS) is 13.6. The van der Waals surface area contributed by atoms with Crippen LogP contribution in [-0.2, 0) is 10.2 Å². The molecule has 0 spiro atoms. The van der Waals surface area contributed by atoms with E-state index in [9.17, 15) is 9.90 Å². The number of aliphatic hydroxyl groups is 1. The summed E-state index contributed by atoms with van der Waals surface area (Å²) < 4.78 is 0. The molecule has 0 fully saturated rings. The van der Waals surface area contributed by atoms with Crippen LogP contribution in [-0.4, -0.2) is 27.3 Å². The predicted octanol–water partition coefficient (Wildman–Crippen LogP) is 1.11. The van der Waals surface area contributed by atoms with E-state index in [1.165, 1.54) is 0 Å². The molecule has 82 valence electrons. The van der Waals surface area contributed by atoms with E-state index in [1.54, 1.807) is 32.3 Å². The summed E-state index contributed by atoms with van der Waals surface area (Å²) in [4.78, 5) is 14.7. The van der Waals surface area contributed by atoms with Crippen LogP contribution in [0.4, 0.5) is 0 Å². The molecule has 15 heavy (non-hydrogen) atoms. The van der Waals surface area contributed by atoms with Crippen molar-refractivity contribution in [1.82, 2.24) is 4.98 Å². The van der Waals surface area contributed by atoms with E-state index in [1.807, 2.05) is 6.92 Å². The maximum atomic E-state index is 10.8. The van der Waals surface area contributed by atoms with E-state index >= 15 is 0 Å². The Morgan fingerprint density at radius 1 is 1.53 bits per heavy atom. The molecule has 1 aromatic heterocycles. The van der Waals surface area contributed by atoms with E-state index in [0.29, 0.717) is 0 Å². The van der Waals surface area contributed by atoms with Gasteiger partial charge in [-0.2, -0.15) is 0 Å². The Balaban J connectivity index is 3.16. The van der Waals surface area contributed by atoms with Gasteiger partial charge in [-0.25, -0.2) is 4.79 Å². The Bertz CT molecular complexity index is 374. The monoisotopic (exact) mass is 209 g/mol. The lowest BCUT2D eigenvalue weighted by molar-refractivity contribution is -0.150. The van der Waals surface area contributed by atoms with Crippen molar-refractivity contribution >= 4 is 5.97 Å². The first-order valence-corrected chi connectivity index (χ1v) is 4.69. The lowest BCUT2D eigenvalue weighted by atomic mass is 9.78. The van der Waals surface area contributed by atoms with Gasteiger partial charge in [0.1, 0.15) is 0 Å². The van der Waals surface area contributed by atoms with E-state index in [0.717, 1.165) is 11.1 Å². The molecule has 2 N–H and O–H groups in total. The summed E-state index contributed by atoms with van der Waals surface area (Å²) in [5.74, 6) is -1.21. The second-order valence-corrected chi connectivity index (χ2v) is 4.15. The zero-order chi connectivity index (χ0) is 11.6. The molecule has 1 rings (SSSR count). The van der Waals surface area contributed by atoms with Crippen molar-refractivity contribution in [2.75, 3.05) is 0 Å². The van der Waals surface area contributed by atoms with Gasteiger partial charge in [0.2, 0.25) is 0 Å². The molecule has 0 aliphatic heterocycles. The Hall–Kier alpha value is -1.42. The first kappa shape index (κ1) is 11.7. The molecule has 0 amide bonds. The van der Waals surface area contributed by atoms with Crippen molar-refractivity contribution in [1.29, 1.82) is 0 Å². The molecule has 0 saturated carbocycles. The van der Waals surface area contributed by atoms with Crippen molar-refractivity contribution in [2.24, 2.45) is 0 Å². The quantitative estimate of drug-likeness (QED) is 0.782. The minimum atomic E-state index is -1.42. The third kappa shape index (κ3) is 2.15. The van der Waals surface area contributed by atoms with Crippen molar-refractivity contribution in [3.8, 4) is 0 Å². The third-order valence-electron chi connectivity index (χ3n) is 2.63. The number of rotatable bonds is 3. The first-order chi connectivity index (χ1) is 6.87. The standard InChI is InChI=1S/C11H15NO3/c1-7-6-12-5-4-8(7)11(2,3)9(13)10(14)15/h4-6,9,13H,1-3H3,(H,14,15). The van der Waals surface area contributed by atoms with Crippen LogP contribution in [0.5, 0.6) is 0 Å². The van der Waals surface area contributed by atoms with Crippen LogP contribution >= 0.6 is 0 Å². The number of hydrogen-bond acceptors (Lipinski definition) is 3. The van der Waals surface area contributed by atoms with Crippen LogP contribution in [0.2, 0.25) is 0 Å². The summed E-state index contributed by atoms with van der Waals surface area (Å²) >= 11 is 0. The van der Waals surface area contributed by atoms with Crippen LogP contribution in [0, 0.1) is 6.92 Å². The maximum Gasteiger partial charge on any atom is 0.333 e. The second kappa shape index (κ2) is 3.98. The summed E-state index contributed by atoms with van der Waals surface area (Å²) in [6.07, 6.45) is 1.84. The van der Waals surface area contributed by atoms with Gasteiger partial charge < -0.3 is 10.2 Å². The molecule has 0 aliphatic rings. The van der Waals surface area contributed by atoms with Crippen LogP contribution in [0.3, 0.4) is 0 Å². The van der Waals surface area contributed by atoms with E-state index in [2.05, 4.69) is 4.98 Å². The van der Waals surface area contributed by atoms with E-state index in [4.69, 9.17) is 5.11 Å². The number of aromatic nitrogens is 1. The van der Waals surface area contributed by atoms with Crippen LogP contribution in [0.1, 0.15) is 25.0 Å². The van der Waals surface area contributed by atoms with Gasteiger partial charge in [0.05, 0.1) is 0 Å². The summed E-state index contributed by atoms with van der Waals surface area (Å²) in [5, 5.41) is 18.4. The molecule has 4 heteroatoms. The second-order valence-electron chi connectivity index (χ2n) is 4.15. The number of aliphatic hydroxyl groups excluding tert-OH is 1. The van der Waals surface area contributed by atoms with Gasteiger partial charge in [0, 0.05) is 17.8 Å². The summed E-state index contributed by atoms with van der Waals surface area (Å²) in [6, 6.07) is 1.74. The van der Waals surface area contributed by atoms with Gasteiger partial charge in [-0.15, -0.1) is 0 Å². The minimum absolute atomic E-state index is 0.799. The average Bonchev–Trinajstić information content (AvgIpc) is 2.16. The number of nitrogens with zero attached hydrogens (tertiary/aromatic N) is 1. The molecule has 1 aromatic rings. The summed E-state index contributed by atoms with van der Waals surface area (Å²) in [7, 11) is 0. The zero-order valence-corrected chi connectivity index (χ0v) is 9.06. The minimum Gasteiger partial charge on any atom is -0.479 e. The van der Waals surface area contributed by atoms with Crippen LogP contribution in [0.15, 0.2) is 18.5 Å². The maximum absolute atomic E-state index is 10.8. The first-order valence-electron chi connectivity index (χ1n) is 4.69. The molecule has 1 unspecified atom stereocenters. The fraction of sp³-hybridized carbons (Fsp3) is 0.455. The van der Waals surface area contributed by atoms with Crippen LogP contribution in [0.25, 0.3) is 0 Å². The smallest absolute Gasteiger partial charge is 0.333 e. The Kier molecular flexibility index (Phi) is 3.09. The molecular formula is C11H15NO3. The average molecular weight is 209 g/mol. The molecule has 1 heterocycles. The van der Waals surface area contributed by atoms with E-state index in [-0.39, 0.29) is 0 Å². The number of carboxylic acid groups (broad SMARTS) is 1. The van der Waals surface area contributed by atoms with E-state index < -0.39 is 17.5 Å². The van der Waals surface area contributed by atoms with Gasteiger partial charge in [0.25, 0.3) is 0 Å². The highest BCUT2D eigenvalue weighted by molar-refractivity contribution is 5.74. The molecular weight excluding hydrogens is 194 g/mol. The highest BCUT2D eigenvalue weighted by atomic mass is 16.4. The number of carbonyl (C=O) groups is 1. The molecule has 0 radical (unpaired) electrons. The number of aryl methyl sites for hydroxylation is 1. The summed E-state index contributed by atoms with van der Waals surface area (Å²) in [6.45, 7) is 5.25. The van der Waals surface area contributed by atoms with Gasteiger partial charge in [-0.3, -0.25) is 4.98 Å². The van der Waals surface area contributed by atoms with Gasteiger partial charge in [0.15, 0.2) is 6.10 Å². The van der Waals surface area contributed by atoms with Gasteiger partial charge in [-0.1, -0.05) is 13.8 Å². The van der Waals surface area contributed by atoms with Gasteiger partial charge >= 0.3 is 5.97 Å². The lowest BCUT2D eigenvalue weighted by Crippen LogP contribution is -2.40. The molecule has 4 nitrogen and oxygen atoms in total. The predicted molar refractivity (Wildman–Crippen MR) is 55.6 cm³/mol. The fourth-order valence-corrected chi connectivity index (χ4v) is 1.65. The number of pyridine rings is 1. The molecule has 0 aromatic carbocycles. The third-order valence-corrected chi connectivity index (χ3v) is 2.63. The Morgan fingerprint density at radius 3 is 2.60 bits per heavy atom. The fourth-order valence-electron chi connectivity index (χ4n) is 1.65. The molecule has 1 atom stereocenters. The number of carboxylic acids is 1. The van der Waals surface area contributed by atoms with Crippen molar-refractivity contribution in [2.45, 2.75) is 32.3 Å². The Morgan fingerprint density at radius 2 is 2.13 bits per heavy atom. The van der Waals surface area contributed by atoms with Crippen molar-refractivity contribution in [3.63, 3.8) is 0 Å². The highest BCUT2D eigenvalue weighted by Crippen LogP contribution is 2.29. The van der Waals surface area contributed by atoms with Crippen molar-refractivity contribution < 1.29 is 15.0 Å². The van der Waals surface area contributed by atoms with Crippen molar-refractivity contribution in [3.05, 3.63) is 29.6 Å². The highest BCUT2D eigenvalue weighted by Gasteiger charge is 2.35. The topological polar surface area (TPSA) is 70.4 Å². The number of aliphatic carboxylic acids is 1. The zero-order valence-electron chi connectivity index (χ0n) is 9.06. The molecule has 0 saturated heterocycles. The van der Waals surface area contributed by atoms with Crippen LogP contribution < -0.4 is 0 Å². The SMILES string of the molecule is Cc1cnccc1C(C)(C)C(O)C(=O)O. The Labute approximate surface area is 88.6 Å². The molecule has 0 bridgehead atoms. The molecule has 0 aliphatic carbocycles. The lowest BCUT2D eigenvalue weighted by Gasteiger charge is -2.29. The largest absolute Gasteiger partial charge is 0.479 e. The number of hydrogen-bond donors (Lipinski definition) is 2. The van der Waals surface area contributed by atoms with Gasteiger partial charge in [-0.05, 0) is 24.1 Å².